The molecule has 6 heteroatoms. The number of benzene rings is 1. The molecule has 0 bridgehead atoms. The zero-order chi connectivity index (χ0) is 19.1. The minimum Gasteiger partial charge on any atom is -0.445 e. The Morgan fingerprint density at radius 1 is 1.31 bits per heavy atom. The van der Waals surface area contributed by atoms with Crippen LogP contribution in [0.15, 0.2) is 30.3 Å². The van der Waals surface area contributed by atoms with E-state index < -0.39 is 6.04 Å². The summed E-state index contributed by atoms with van der Waals surface area (Å²) in [7, 11) is 0. The second-order valence-corrected chi connectivity index (χ2v) is 7.18. The number of hydrogen-bond acceptors (Lipinski definition) is 4. The van der Waals surface area contributed by atoms with Gasteiger partial charge in [-0.05, 0) is 31.2 Å². The van der Waals surface area contributed by atoms with Crippen LogP contribution in [0.3, 0.4) is 0 Å². The predicted octanol–water partition coefficient (Wildman–Crippen LogP) is 2.62. The lowest BCUT2D eigenvalue weighted by atomic mass is 10.0. The van der Waals surface area contributed by atoms with Crippen LogP contribution < -0.4 is 5.73 Å². The van der Waals surface area contributed by atoms with E-state index in [1.165, 1.54) is 0 Å². The molecule has 2 atom stereocenters. The van der Waals surface area contributed by atoms with Crippen molar-refractivity contribution < 1.29 is 14.3 Å². The lowest BCUT2D eigenvalue weighted by Gasteiger charge is -2.32. The summed E-state index contributed by atoms with van der Waals surface area (Å²) in [5.41, 5.74) is 7.00. The lowest BCUT2D eigenvalue weighted by Crippen LogP contribution is -2.51. The quantitative estimate of drug-likeness (QED) is 0.810. The first-order chi connectivity index (χ1) is 12.4. The van der Waals surface area contributed by atoms with Gasteiger partial charge in [-0.2, -0.15) is 0 Å². The third kappa shape index (κ3) is 5.21. The average Bonchev–Trinajstić information content (AvgIpc) is 3.11. The molecule has 0 spiro atoms. The molecule has 6 nitrogen and oxygen atoms in total. The predicted molar refractivity (Wildman–Crippen MR) is 101 cm³/mol. The van der Waals surface area contributed by atoms with Gasteiger partial charge in [-0.15, -0.1) is 0 Å². The van der Waals surface area contributed by atoms with Gasteiger partial charge in [-0.25, -0.2) is 4.79 Å². The number of nitrogens with two attached hydrogens (primary N) is 1. The summed E-state index contributed by atoms with van der Waals surface area (Å²) in [6.07, 6.45) is 1.49. The Balaban J connectivity index is 1.92. The molecule has 2 rings (SSSR count). The summed E-state index contributed by atoms with van der Waals surface area (Å²) in [6, 6.07) is 9.13. The molecule has 0 radical (unpaired) electrons. The number of amides is 2. The number of carbonyl (C=O) groups excluding carboxylic acids is 2. The molecular weight excluding hydrogens is 330 g/mol. The summed E-state index contributed by atoms with van der Waals surface area (Å²) in [5.74, 6) is 0.0815. The highest BCUT2D eigenvalue weighted by molar-refractivity contribution is 5.82. The third-order valence-corrected chi connectivity index (χ3v) is 4.94. The summed E-state index contributed by atoms with van der Waals surface area (Å²) < 4.78 is 5.43. The third-order valence-electron chi connectivity index (χ3n) is 4.94. The van der Waals surface area contributed by atoms with Crippen LogP contribution in [0, 0.1) is 5.92 Å². The van der Waals surface area contributed by atoms with E-state index in [1.54, 1.807) is 4.90 Å². The molecule has 144 valence electrons. The Morgan fingerprint density at radius 3 is 2.62 bits per heavy atom. The van der Waals surface area contributed by atoms with Gasteiger partial charge >= 0.3 is 6.09 Å². The van der Waals surface area contributed by atoms with Crippen LogP contribution >= 0.6 is 0 Å². The molecule has 1 aromatic carbocycles. The molecule has 1 aliphatic rings. The monoisotopic (exact) mass is 361 g/mol. The summed E-state index contributed by atoms with van der Waals surface area (Å²) in [5, 5.41) is 0. The minimum absolute atomic E-state index is 0.0107. The Labute approximate surface area is 156 Å². The minimum atomic E-state index is -0.490. The molecule has 0 aliphatic carbocycles. The van der Waals surface area contributed by atoms with Crippen molar-refractivity contribution in [2.45, 2.75) is 52.3 Å². The van der Waals surface area contributed by atoms with Crippen molar-refractivity contribution in [2.24, 2.45) is 11.7 Å². The largest absolute Gasteiger partial charge is 0.445 e. The first-order valence-corrected chi connectivity index (χ1v) is 9.45. The van der Waals surface area contributed by atoms with Gasteiger partial charge in [0.2, 0.25) is 5.91 Å². The maximum atomic E-state index is 12.6. The Morgan fingerprint density at radius 2 is 2.00 bits per heavy atom. The maximum Gasteiger partial charge on any atom is 0.410 e. The molecule has 0 saturated carbocycles. The first-order valence-electron chi connectivity index (χ1n) is 9.45. The van der Waals surface area contributed by atoms with Crippen molar-refractivity contribution in [1.29, 1.82) is 0 Å². The SMILES string of the molecule is CCN(C[C@H]1CCCN1C(=O)[C@@H](N)C(C)C)C(=O)OCc1ccccc1. The number of likely N-dealkylation sites (tertiary alicyclic amines) is 1. The van der Waals surface area contributed by atoms with E-state index in [2.05, 4.69) is 0 Å². The van der Waals surface area contributed by atoms with E-state index in [1.807, 2.05) is 56.0 Å². The number of hydrogen-bond donors (Lipinski definition) is 1. The van der Waals surface area contributed by atoms with E-state index in [9.17, 15) is 9.59 Å². The van der Waals surface area contributed by atoms with E-state index in [0.717, 1.165) is 18.4 Å². The van der Waals surface area contributed by atoms with Crippen LogP contribution in [0.25, 0.3) is 0 Å². The zero-order valence-electron chi connectivity index (χ0n) is 16.1. The van der Waals surface area contributed by atoms with Crippen molar-refractivity contribution in [3.8, 4) is 0 Å². The van der Waals surface area contributed by atoms with Crippen LogP contribution in [0.5, 0.6) is 0 Å². The Hall–Kier alpha value is -2.08. The topological polar surface area (TPSA) is 75.9 Å². The van der Waals surface area contributed by atoms with Crippen LogP contribution in [-0.4, -0.2) is 53.5 Å². The van der Waals surface area contributed by atoms with E-state index in [-0.39, 0.29) is 30.6 Å². The highest BCUT2D eigenvalue weighted by Gasteiger charge is 2.34. The smallest absolute Gasteiger partial charge is 0.410 e. The summed E-state index contributed by atoms with van der Waals surface area (Å²) in [6.45, 7) is 7.82. The molecule has 0 unspecified atom stereocenters. The number of likely N-dealkylation sites (N-methyl/N-ethyl adjacent to an activating group) is 1. The molecule has 1 aliphatic heterocycles. The van der Waals surface area contributed by atoms with E-state index in [4.69, 9.17) is 10.5 Å². The van der Waals surface area contributed by atoms with Gasteiger partial charge in [-0.3, -0.25) is 4.79 Å². The molecule has 1 aromatic rings. The molecule has 0 aromatic heterocycles. The normalized spacial score (nSPS) is 18.0. The molecular formula is C20H31N3O3. The summed E-state index contributed by atoms with van der Waals surface area (Å²) in [4.78, 5) is 28.6. The number of ether oxygens (including phenoxy) is 1. The van der Waals surface area contributed by atoms with Crippen LogP contribution in [0.1, 0.15) is 39.2 Å². The molecule has 26 heavy (non-hydrogen) atoms. The van der Waals surface area contributed by atoms with Gasteiger partial charge in [0.15, 0.2) is 0 Å². The fraction of sp³-hybridized carbons (Fsp3) is 0.600. The van der Waals surface area contributed by atoms with Crippen molar-refractivity contribution >= 4 is 12.0 Å². The van der Waals surface area contributed by atoms with Crippen molar-refractivity contribution in [2.75, 3.05) is 19.6 Å². The summed E-state index contributed by atoms with van der Waals surface area (Å²) >= 11 is 0. The molecule has 1 saturated heterocycles. The standard InChI is InChI=1S/C20H31N3O3/c1-4-22(20(25)26-14-16-9-6-5-7-10-16)13-17-11-8-12-23(17)19(24)18(21)15(2)3/h5-7,9-10,15,17-18H,4,8,11-14,21H2,1-3H3/t17-,18+/m1/s1. The van der Waals surface area contributed by atoms with Gasteiger partial charge in [0.05, 0.1) is 6.04 Å². The van der Waals surface area contributed by atoms with Crippen LogP contribution in [0.2, 0.25) is 0 Å². The Bertz CT molecular complexity index is 591. The fourth-order valence-electron chi connectivity index (χ4n) is 3.19. The molecule has 1 heterocycles. The van der Waals surface area contributed by atoms with Gasteiger partial charge < -0.3 is 20.3 Å². The number of nitrogens with zero attached hydrogens (tertiary/aromatic N) is 2. The average molecular weight is 361 g/mol. The first kappa shape index (κ1) is 20.2. The highest BCUT2D eigenvalue weighted by atomic mass is 16.6. The molecule has 1 fully saturated rings. The van der Waals surface area contributed by atoms with Crippen molar-refractivity contribution in [3.05, 3.63) is 35.9 Å². The second-order valence-electron chi connectivity index (χ2n) is 7.18. The number of rotatable bonds is 7. The lowest BCUT2D eigenvalue weighted by molar-refractivity contribution is -0.134. The maximum absolute atomic E-state index is 12.6. The van der Waals surface area contributed by atoms with Gasteiger partial charge in [0, 0.05) is 25.7 Å². The van der Waals surface area contributed by atoms with E-state index in [0.29, 0.717) is 19.6 Å². The van der Waals surface area contributed by atoms with Gasteiger partial charge in [0.1, 0.15) is 6.61 Å². The van der Waals surface area contributed by atoms with Crippen LogP contribution in [-0.2, 0) is 16.1 Å². The second kappa shape index (κ2) is 9.57. The van der Waals surface area contributed by atoms with Crippen molar-refractivity contribution in [3.63, 3.8) is 0 Å². The van der Waals surface area contributed by atoms with Crippen LogP contribution in [0.4, 0.5) is 4.79 Å². The number of carbonyl (C=O) groups is 2. The van der Waals surface area contributed by atoms with Crippen molar-refractivity contribution in [1.82, 2.24) is 9.80 Å². The van der Waals surface area contributed by atoms with Gasteiger partial charge in [0.25, 0.3) is 0 Å². The Kier molecular flexibility index (Phi) is 7.45. The van der Waals surface area contributed by atoms with Gasteiger partial charge in [-0.1, -0.05) is 44.2 Å². The molecule has 2 N–H and O–H groups in total. The highest BCUT2D eigenvalue weighted by Crippen LogP contribution is 2.21. The zero-order valence-corrected chi connectivity index (χ0v) is 16.1. The van der Waals surface area contributed by atoms with E-state index >= 15 is 0 Å². The molecule has 2 amide bonds. The fourth-order valence-corrected chi connectivity index (χ4v) is 3.19.